The van der Waals surface area contributed by atoms with E-state index in [9.17, 15) is 9.59 Å². The number of amides is 1. The zero-order valence-corrected chi connectivity index (χ0v) is 15.0. The van der Waals surface area contributed by atoms with Gasteiger partial charge in [0, 0.05) is 19.9 Å². The number of carbonyl (C=O) groups is 1. The predicted molar refractivity (Wildman–Crippen MR) is 94.1 cm³/mol. The molecule has 0 aliphatic heterocycles. The van der Waals surface area contributed by atoms with Crippen molar-refractivity contribution >= 4 is 12.2 Å². The van der Waals surface area contributed by atoms with Gasteiger partial charge in [-0.15, -0.1) is 0 Å². The summed E-state index contributed by atoms with van der Waals surface area (Å²) in [5, 5.41) is 9.60. The molecule has 0 saturated heterocycles. The molecule has 0 heterocycles. The van der Waals surface area contributed by atoms with E-state index in [1.54, 1.807) is 0 Å². The largest absolute Gasteiger partial charge is 0.291 e. The number of hydroxylamine groups is 2. The maximum Gasteiger partial charge on any atom is 0.245 e. The molecule has 23 heavy (non-hydrogen) atoms. The molecule has 0 bridgehead atoms. The number of hydrogen-bond donors (Lipinski definition) is 1. The molecular weight excluding hydrogens is 290 g/mol. The third-order valence-corrected chi connectivity index (χ3v) is 4.28. The van der Waals surface area contributed by atoms with Gasteiger partial charge in [0.2, 0.25) is 5.91 Å². The maximum atomic E-state index is 11.2. The topological polar surface area (TPSA) is 57.6 Å². The van der Waals surface area contributed by atoms with Crippen LogP contribution in [-0.4, -0.2) is 29.5 Å². The van der Waals surface area contributed by atoms with Gasteiger partial charge < -0.3 is 0 Å². The fourth-order valence-electron chi connectivity index (χ4n) is 2.76. The molecule has 0 aromatic carbocycles. The van der Waals surface area contributed by atoms with Crippen molar-refractivity contribution in [3.05, 3.63) is 0 Å². The molecule has 0 atom stereocenters. The Labute approximate surface area is 142 Å². The Bertz CT molecular complexity index is 280. The molecule has 135 valence electrons. The molecule has 0 saturated carbocycles. The molecule has 0 spiro atoms. The number of unbranched alkanes of at least 4 members (excludes halogenated alkanes) is 14. The Morgan fingerprint density at radius 1 is 0.739 bits per heavy atom. The Morgan fingerprint density at radius 3 is 1.43 bits per heavy atom. The highest BCUT2D eigenvalue weighted by atomic mass is 16.5. The molecule has 0 unspecified atom stereocenters. The molecule has 0 aromatic rings. The molecule has 0 aromatic heterocycles. The summed E-state index contributed by atoms with van der Waals surface area (Å²) < 4.78 is 0. The van der Waals surface area contributed by atoms with Crippen LogP contribution in [0.4, 0.5) is 0 Å². The number of hydrogen-bond acceptors (Lipinski definition) is 3. The van der Waals surface area contributed by atoms with Crippen LogP contribution in [0, 0.1) is 0 Å². The van der Waals surface area contributed by atoms with E-state index in [1.165, 1.54) is 77.7 Å². The van der Waals surface area contributed by atoms with Gasteiger partial charge in [-0.05, 0) is 12.8 Å². The summed E-state index contributed by atoms with van der Waals surface area (Å²) in [7, 11) is 1.38. The van der Waals surface area contributed by atoms with Crippen molar-refractivity contribution in [3.63, 3.8) is 0 Å². The van der Waals surface area contributed by atoms with Crippen molar-refractivity contribution < 1.29 is 14.8 Å². The van der Waals surface area contributed by atoms with Crippen LogP contribution in [0.15, 0.2) is 0 Å². The average Bonchev–Trinajstić information content (AvgIpc) is 2.54. The van der Waals surface area contributed by atoms with Crippen LogP contribution in [0.1, 0.15) is 103 Å². The first-order chi connectivity index (χ1) is 11.2. The lowest BCUT2D eigenvalue weighted by molar-refractivity contribution is -0.159. The van der Waals surface area contributed by atoms with Crippen molar-refractivity contribution in [2.45, 2.75) is 103 Å². The van der Waals surface area contributed by atoms with Gasteiger partial charge in [0.05, 0.1) is 0 Å². The summed E-state index contributed by atoms with van der Waals surface area (Å²) in [6, 6.07) is 0. The fraction of sp³-hybridized carbons (Fsp3) is 0.895. The normalized spacial score (nSPS) is 10.7. The number of rotatable bonds is 17. The summed E-state index contributed by atoms with van der Waals surface area (Å²) in [6.45, 7) is 0. The molecule has 4 heteroatoms. The van der Waals surface area contributed by atoms with E-state index in [-0.39, 0.29) is 5.91 Å². The first-order valence-corrected chi connectivity index (χ1v) is 9.49. The lowest BCUT2D eigenvalue weighted by Crippen LogP contribution is -2.21. The van der Waals surface area contributed by atoms with E-state index in [2.05, 4.69) is 0 Å². The molecule has 0 fully saturated rings. The Morgan fingerprint density at radius 2 is 1.09 bits per heavy atom. The van der Waals surface area contributed by atoms with Crippen LogP contribution in [-0.2, 0) is 9.59 Å². The van der Waals surface area contributed by atoms with Crippen molar-refractivity contribution in [1.82, 2.24) is 5.06 Å². The van der Waals surface area contributed by atoms with Gasteiger partial charge in [0.15, 0.2) is 6.29 Å². The van der Waals surface area contributed by atoms with Crippen LogP contribution >= 0.6 is 0 Å². The van der Waals surface area contributed by atoms with Crippen molar-refractivity contribution in [2.24, 2.45) is 0 Å². The summed E-state index contributed by atoms with van der Waals surface area (Å²) in [5.74, 6) is -0.188. The SMILES string of the molecule is CN(O)C(=O)CCCCCCCCCCCCCCCC[C]=O. The fourth-order valence-corrected chi connectivity index (χ4v) is 2.76. The highest BCUT2D eigenvalue weighted by Gasteiger charge is 2.04. The van der Waals surface area contributed by atoms with Crippen LogP contribution in [0.3, 0.4) is 0 Å². The lowest BCUT2D eigenvalue weighted by Gasteiger charge is -2.07. The van der Waals surface area contributed by atoms with Crippen LogP contribution in [0.2, 0.25) is 0 Å². The van der Waals surface area contributed by atoms with Crippen molar-refractivity contribution in [2.75, 3.05) is 7.05 Å². The van der Waals surface area contributed by atoms with Gasteiger partial charge in [-0.3, -0.25) is 14.8 Å². The highest BCUT2D eigenvalue weighted by molar-refractivity contribution is 5.74. The third kappa shape index (κ3) is 17.3. The van der Waals surface area contributed by atoms with Crippen LogP contribution < -0.4 is 0 Å². The smallest absolute Gasteiger partial charge is 0.245 e. The second-order valence-electron chi connectivity index (χ2n) is 6.51. The maximum absolute atomic E-state index is 11.2. The van der Waals surface area contributed by atoms with E-state index >= 15 is 0 Å². The number of carbonyl (C=O) groups excluding carboxylic acids is 2. The Balaban J connectivity index is 3.05. The summed E-state index contributed by atoms with van der Waals surface area (Å²) >= 11 is 0. The zero-order chi connectivity index (χ0) is 17.2. The van der Waals surface area contributed by atoms with Gasteiger partial charge in [0.25, 0.3) is 0 Å². The van der Waals surface area contributed by atoms with E-state index in [1.807, 2.05) is 6.29 Å². The predicted octanol–water partition coefficient (Wildman–Crippen LogP) is 5.19. The van der Waals surface area contributed by atoms with Crippen molar-refractivity contribution in [1.29, 1.82) is 0 Å². The van der Waals surface area contributed by atoms with Gasteiger partial charge >= 0.3 is 0 Å². The lowest BCUT2D eigenvalue weighted by atomic mass is 10.0. The van der Waals surface area contributed by atoms with E-state index in [0.29, 0.717) is 17.9 Å². The van der Waals surface area contributed by atoms with Crippen LogP contribution in [0.5, 0.6) is 0 Å². The molecule has 0 aliphatic rings. The zero-order valence-electron chi connectivity index (χ0n) is 15.0. The quantitative estimate of drug-likeness (QED) is 0.227. The third-order valence-electron chi connectivity index (χ3n) is 4.28. The minimum atomic E-state index is -0.188. The van der Waals surface area contributed by atoms with E-state index < -0.39 is 0 Å². The summed E-state index contributed by atoms with van der Waals surface area (Å²) in [5.41, 5.74) is 0. The minimum Gasteiger partial charge on any atom is -0.291 e. The molecule has 1 amide bonds. The van der Waals surface area contributed by atoms with Gasteiger partial charge in [-0.25, -0.2) is 5.06 Å². The second-order valence-corrected chi connectivity index (χ2v) is 6.51. The van der Waals surface area contributed by atoms with Crippen LogP contribution in [0.25, 0.3) is 0 Å². The first kappa shape index (κ1) is 22.1. The highest BCUT2D eigenvalue weighted by Crippen LogP contribution is 2.13. The first-order valence-electron chi connectivity index (χ1n) is 9.49. The minimum absolute atomic E-state index is 0.188. The van der Waals surface area contributed by atoms with Gasteiger partial charge in [-0.1, -0.05) is 77.0 Å². The van der Waals surface area contributed by atoms with E-state index in [4.69, 9.17) is 5.21 Å². The molecule has 1 radical (unpaired) electrons. The van der Waals surface area contributed by atoms with E-state index in [0.717, 1.165) is 19.3 Å². The summed E-state index contributed by atoms with van der Waals surface area (Å²) in [6.07, 6.45) is 20.2. The Kier molecular flexibility index (Phi) is 16.8. The molecule has 4 nitrogen and oxygen atoms in total. The second kappa shape index (κ2) is 17.5. The number of nitrogens with zero attached hydrogens (tertiary/aromatic N) is 1. The molecular formula is C19H36NO3. The Hall–Kier alpha value is -0.900. The monoisotopic (exact) mass is 326 g/mol. The molecule has 0 aliphatic carbocycles. The van der Waals surface area contributed by atoms with Gasteiger partial charge in [0.1, 0.15) is 0 Å². The van der Waals surface area contributed by atoms with Gasteiger partial charge in [-0.2, -0.15) is 0 Å². The molecule has 1 N–H and O–H groups in total. The summed E-state index contributed by atoms with van der Waals surface area (Å²) in [4.78, 5) is 21.2. The average molecular weight is 327 g/mol. The van der Waals surface area contributed by atoms with Crippen molar-refractivity contribution in [3.8, 4) is 0 Å². The molecule has 0 rings (SSSR count). The standard InChI is InChI=1S/C19H36NO3/c1-20(23)19(22)17-15-13-11-9-7-5-3-2-4-6-8-10-12-14-16-18-21/h23H,2-17H2,1H3.